The van der Waals surface area contributed by atoms with Gasteiger partial charge in [-0.2, -0.15) is 0 Å². The lowest BCUT2D eigenvalue weighted by molar-refractivity contribution is 0.0521. The van der Waals surface area contributed by atoms with Gasteiger partial charge in [0, 0.05) is 25.2 Å². The first-order valence-corrected chi connectivity index (χ1v) is 6.55. The van der Waals surface area contributed by atoms with E-state index < -0.39 is 5.60 Å². The van der Waals surface area contributed by atoms with Gasteiger partial charge in [-0.15, -0.1) is 0 Å². The molecule has 0 saturated carbocycles. The summed E-state index contributed by atoms with van der Waals surface area (Å²) in [5.41, 5.74) is -0.455. The number of hydrogen-bond acceptors (Lipinski definition) is 4. The lowest BCUT2D eigenvalue weighted by Crippen LogP contribution is -2.45. The standard InChI is InChI=1S/C13H28N2O3/c1-7-17-9-11(3)15-10(2)8-14-12(16)18-13(4,5)6/h10-11,15H,7-9H2,1-6H3,(H,14,16). The van der Waals surface area contributed by atoms with Gasteiger partial charge in [0.05, 0.1) is 6.61 Å². The molecule has 2 unspecified atom stereocenters. The van der Waals surface area contributed by atoms with Crippen molar-refractivity contribution in [1.29, 1.82) is 0 Å². The summed E-state index contributed by atoms with van der Waals surface area (Å²) in [5.74, 6) is 0. The molecule has 5 heteroatoms. The van der Waals surface area contributed by atoms with Crippen LogP contribution in [-0.4, -0.2) is 43.5 Å². The number of rotatable bonds is 7. The van der Waals surface area contributed by atoms with Crippen LogP contribution in [0.5, 0.6) is 0 Å². The third kappa shape index (κ3) is 10.4. The van der Waals surface area contributed by atoms with E-state index in [-0.39, 0.29) is 18.2 Å². The number of amides is 1. The van der Waals surface area contributed by atoms with E-state index in [1.165, 1.54) is 0 Å². The summed E-state index contributed by atoms with van der Waals surface area (Å²) >= 11 is 0. The maximum absolute atomic E-state index is 11.4. The minimum Gasteiger partial charge on any atom is -0.444 e. The molecule has 0 bridgehead atoms. The molecule has 0 aliphatic rings. The van der Waals surface area contributed by atoms with Crippen molar-refractivity contribution >= 4 is 6.09 Å². The molecule has 0 aliphatic carbocycles. The predicted octanol–water partition coefficient (Wildman–Crippen LogP) is 1.91. The first-order chi connectivity index (χ1) is 8.24. The number of nitrogens with one attached hydrogen (secondary N) is 2. The fourth-order valence-electron chi connectivity index (χ4n) is 1.44. The second kappa shape index (κ2) is 8.32. The molecule has 0 aromatic heterocycles. The largest absolute Gasteiger partial charge is 0.444 e. The van der Waals surface area contributed by atoms with E-state index in [4.69, 9.17) is 9.47 Å². The molecule has 0 saturated heterocycles. The average molecular weight is 260 g/mol. The summed E-state index contributed by atoms with van der Waals surface area (Å²) in [5, 5.41) is 6.07. The van der Waals surface area contributed by atoms with Crippen LogP contribution in [0.25, 0.3) is 0 Å². The average Bonchev–Trinajstić information content (AvgIpc) is 2.21. The number of carbonyl (C=O) groups excluding carboxylic acids is 1. The smallest absolute Gasteiger partial charge is 0.407 e. The zero-order chi connectivity index (χ0) is 14.2. The number of hydrogen-bond donors (Lipinski definition) is 2. The van der Waals surface area contributed by atoms with E-state index in [1.807, 2.05) is 34.6 Å². The topological polar surface area (TPSA) is 59.6 Å². The molecule has 0 aromatic rings. The Morgan fingerprint density at radius 3 is 2.33 bits per heavy atom. The van der Waals surface area contributed by atoms with E-state index in [0.717, 1.165) is 6.61 Å². The quantitative estimate of drug-likeness (QED) is 0.734. The van der Waals surface area contributed by atoms with Gasteiger partial charge in [0.1, 0.15) is 5.60 Å². The SMILES string of the molecule is CCOCC(C)NC(C)CNC(=O)OC(C)(C)C. The van der Waals surface area contributed by atoms with Crippen LogP contribution in [0.1, 0.15) is 41.5 Å². The van der Waals surface area contributed by atoms with Crippen LogP contribution in [0, 0.1) is 0 Å². The van der Waals surface area contributed by atoms with Gasteiger partial charge in [0.25, 0.3) is 0 Å². The molecule has 108 valence electrons. The second-order valence-corrected chi connectivity index (χ2v) is 5.51. The summed E-state index contributed by atoms with van der Waals surface area (Å²) in [6.45, 7) is 13.5. The van der Waals surface area contributed by atoms with E-state index in [1.54, 1.807) is 0 Å². The normalized spacial score (nSPS) is 15.0. The zero-order valence-corrected chi connectivity index (χ0v) is 12.5. The Balaban J connectivity index is 3.76. The van der Waals surface area contributed by atoms with Gasteiger partial charge in [-0.05, 0) is 41.5 Å². The Kier molecular flexibility index (Phi) is 7.95. The highest BCUT2D eigenvalue weighted by Gasteiger charge is 2.16. The Bertz CT molecular complexity index is 239. The molecule has 0 aliphatic heterocycles. The van der Waals surface area contributed by atoms with E-state index in [2.05, 4.69) is 17.6 Å². The Hall–Kier alpha value is -0.810. The van der Waals surface area contributed by atoms with Crippen molar-refractivity contribution in [2.75, 3.05) is 19.8 Å². The van der Waals surface area contributed by atoms with Crippen molar-refractivity contribution in [3.63, 3.8) is 0 Å². The fraction of sp³-hybridized carbons (Fsp3) is 0.923. The highest BCUT2D eigenvalue weighted by molar-refractivity contribution is 5.67. The van der Waals surface area contributed by atoms with Crippen molar-refractivity contribution in [2.45, 2.75) is 59.2 Å². The van der Waals surface area contributed by atoms with Gasteiger partial charge >= 0.3 is 6.09 Å². The minimum absolute atomic E-state index is 0.174. The summed E-state index contributed by atoms with van der Waals surface area (Å²) in [4.78, 5) is 11.4. The van der Waals surface area contributed by atoms with Crippen LogP contribution >= 0.6 is 0 Å². The van der Waals surface area contributed by atoms with Crippen molar-refractivity contribution in [3.8, 4) is 0 Å². The monoisotopic (exact) mass is 260 g/mol. The van der Waals surface area contributed by atoms with Gasteiger partial charge in [-0.1, -0.05) is 0 Å². The molecule has 18 heavy (non-hydrogen) atoms. The maximum Gasteiger partial charge on any atom is 0.407 e. The molecule has 5 nitrogen and oxygen atoms in total. The second-order valence-electron chi connectivity index (χ2n) is 5.51. The van der Waals surface area contributed by atoms with Crippen LogP contribution in [0.3, 0.4) is 0 Å². The van der Waals surface area contributed by atoms with Crippen LogP contribution in [0.15, 0.2) is 0 Å². The van der Waals surface area contributed by atoms with Gasteiger partial charge < -0.3 is 20.1 Å². The zero-order valence-electron chi connectivity index (χ0n) is 12.5. The molecule has 2 N–H and O–H groups in total. The maximum atomic E-state index is 11.4. The van der Waals surface area contributed by atoms with E-state index in [0.29, 0.717) is 13.2 Å². The Morgan fingerprint density at radius 1 is 1.22 bits per heavy atom. The van der Waals surface area contributed by atoms with Crippen molar-refractivity contribution in [2.24, 2.45) is 0 Å². The molecule has 0 spiro atoms. The molecule has 0 rings (SSSR count). The molecule has 0 heterocycles. The lowest BCUT2D eigenvalue weighted by Gasteiger charge is -2.22. The highest BCUT2D eigenvalue weighted by Crippen LogP contribution is 2.06. The van der Waals surface area contributed by atoms with Gasteiger partial charge in [-0.3, -0.25) is 0 Å². The summed E-state index contributed by atoms with van der Waals surface area (Å²) < 4.78 is 10.5. The van der Waals surface area contributed by atoms with Gasteiger partial charge in [-0.25, -0.2) is 4.79 Å². The fourth-order valence-corrected chi connectivity index (χ4v) is 1.44. The Labute approximate surface area is 111 Å². The van der Waals surface area contributed by atoms with Crippen LogP contribution in [-0.2, 0) is 9.47 Å². The Morgan fingerprint density at radius 2 is 1.83 bits per heavy atom. The number of carbonyl (C=O) groups is 1. The third-order valence-electron chi connectivity index (χ3n) is 2.09. The summed E-state index contributed by atoms with van der Waals surface area (Å²) in [7, 11) is 0. The van der Waals surface area contributed by atoms with Crippen LogP contribution in [0.4, 0.5) is 4.79 Å². The van der Waals surface area contributed by atoms with Gasteiger partial charge in [0.2, 0.25) is 0 Å². The van der Waals surface area contributed by atoms with Crippen LogP contribution in [0.2, 0.25) is 0 Å². The summed E-state index contributed by atoms with van der Waals surface area (Å²) in [6.07, 6.45) is -0.381. The number of alkyl carbamates (subject to hydrolysis) is 1. The molecule has 0 aromatic carbocycles. The molecule has 0 radical (unpaired) electrons. The van der Waals surface area contributed by atoms with E-state index >= 15 is 0 Å². The highest BCUT2D eigenvalue weighted by atomic mass is 16.6. The summed E-state index contributed by atoms with van der Waals surface area (Å²) in [6, 6.07) is 0.438. The van der Waals surface area contributed by atoms with Crippen molar-refractivity contribution in [3.05, 3.63) is 0 Å². The third-order valence-corrected chi connectivity index (χ3v) is 2.09. The van der Waals surface area contributed by atoms with Gasteiger partial charge in [0.15, 0.2) is 0 Å². The van der Waals surface area contributed by atoms with Crippen molar-refractivity contribution in [1.82, 2.24) is 10.6 Å². The molecule has 2 atom stereocenters. The van der Waals surface area contributed by atoms with Crippen molar-refractivity contribution < 1.29 is 14.3 Å². The first kappa shape index (κ1) is 17.2. The van der Waals surface area contributed by atoms with Crippen LogP contribution < -0.4 is 10.6 Å². The molecule has 0 fully saturated rings. The molecule has 1 amide bonds. The number of ether oxygens (including phenoxy) is 2. The van der Waals surface area contributed by atoms with E-state index in [9.17, 15) is 4.79 Å². The molecular formula is C13H28N2O3. The lowest BCUT2D eigenvalue weighted by atomic mass is 10.2. The first-order valence-electron chi connectivity index (χ1n) is 6.55. The predicted molar refractivity (Wildman–Crippen MR) is 72.8 cm³/mol. The molecular weight excluding hydrogens is 232 g/mol. The minimum atomic E-state index is -0.455.